The molecule has 0 aromatic carbocycles. The summed E-state index contributed by atoms with van der Waals surface area (Å²) < 4.78 is 2.02. The molecule has 0 N–H and O–H groups in total. The molecule has 0 amide bonds. The average Bonchev–Trinajstić information content (AvgIpc) is 2.78. The van der Waals surface area contributed by atoms with Gasteiger partial charge in [-0.05, 0) is 45.2 Å². The summed E-state index contributed by atoms with van der Waals surface area (Å²) in [7, 11) is 0. The maximum Gasteiger partial charge on any atom is 0.141 e. The van der Waals surface area contributed by atoms with Crippen molar-refractivity contribution in [3.05, 3.63) is 12.2 Å². The summed E-state index contributed by atoms with van der Waals surface area (Å²) in [4.78, 5) is 6.83. The molecule has 0 radical (unpaired) electrons. The zero-order valence-corrected chi connectivity index (χ0v) is 12.1. The van der Waals surface area contributed by atoms with E-state index in [-0.39, 0.29) is 0 Å². The third-order valence-corrected chi connectivity index (χ3v) is 4.13. The monoisotopic (exact) mass is 270 g/mol. The normalized spacial score (nSPS) is 20.2. The largest absolute Gasteiger partial charge is 0.296 e. The number of nitrogens with zero attached hydrogens (tertiary/aromatic N) is 4. The number of aryl methyl sites for hydroxylation is 1. The van der Waals surface area contributed by atoms with E-state index in [0.29, 0.717) is 11.3 Å². The maximum absolute atomic E-state index is 6.17. The van der Waals surface area contributed by atoms with Gasteiger partial charge in [0.05, 0.1) is 6.54 Å². The second kappa shape index (κ2) is 6.53. The van der Waals surface area contributed by atoms with Crippen molar-refractivity contribution in [2.45, 2.75) is 51.6 Å². The first-order valence-electron chi connectivity index (χ1n) is 6.93. The van der Waals surface area contributed by atoms with Crippen molar-refractivity contribution < 1.29 is 0 Å². The molecule has 5 heteroatoms. The highest BCUT2D eigenvalue weighted by Gasteiger charge is 2.23. The first kappa shape index (κ1) is 13.8. The van der Waals surface area contributed by atoms with Crippen LogP contribution in [0.4, 0.5) is 0 Å². The summed E-state index contributed by atoms with van der Waals surface area (Å²) in [6.07, 6.45) is 5.17. The Morgan fingerprint density at radius 1 is 1.44 bits per heavy atom. The molecule has 18 heavy (non-hydrogen) atoms. The zero-order chi connectivity index (χ0) is 13.0. The van der Waals surface area contributed by atoms with Crippen LogP contribution >= 0.6 is 11.6 Å². The summed E-state index contributed by atoms with van der Waals surface area (Å²) in [5.74, 6) is 1.77. The van der Waals surface area contributed by atoms with Gasteiger partial charge < -0.3 is 0 Å². The molecule has 1 fully saturated rings. The third-order valence-electron chi connectivity index (χ3n) is 3.78. The number of likely N-dealkylation sites (tertiary alicyclic amines) is 1. The molecule has 0 aliphatic carbocycles. The van der Waals surface area contributed by atoms with Gasteiger partial charge in [-0.2, -0.15) is 5.10 Å². The van der Waals surface area contributed by atoms with Crippen molar-refractivity contribution in [2.24, 2.45) is 5.92 Å². The second-order valence-electron chi connectivity index (χ2n) is 5.19. The van der Waals surface area contributed by atoms with Crippen LogP contribution in [0.3, 0.4) is 0 Å². The summed E-state index contributed by atoms with van der Waals surface area (Å²) in [5, 5.41) is 4.57. The topological polar surface area (TPSA) is 34.0 Å². The summed E-state index contributed by atoms with van der Waals surface area (Å²) in [5.41, 5.74) is 0. The minimum absolute atomic E-state index is 0.302. The number of aromatic nitrogens is 3. The van der Waals surface area contributed by atoms with Crippen LogP contribution in [0, 0.1) is 5.92 Å². The Labute approximate surface area is 114 Å². The lowest BCUT2D eigenvalue weighted by molar-refractivity contribution is 0.170. The highest BCUT2D eigenvalue weighted by Crippen LogP contribution is 2.24. The second-order valence-corrected chi connectivity index (χ2v) is 5.88. The predicted molar refractivity (Wildman–Crippen MR) is 73.6 cm³/mol. The molecule has 0 saturated carbocycles. The Kier molecular flexibility index (Phi) is 5.01. The van der Waals surface area contributed by atoms with Gasteiger partial charge in [0.2, 0.25) is 0 Å². The van der Waals surface area contributed by atoms with E-state index in [0.717, 1.165) is 38.4 Å². The molecular weight excluding hydrogens is 248 g/mol. The summed E-state index contributed by atoms with van der Waals surface area (Å²) in [6.45, 7) is 8.41. The molecule has 102 valence electrons. The quantitative estimate of drug-likeness (QED) is 0.771. The summed E-state index contributed by atoms with van der Waals surface area (Å²) >= 11 is 6.17. The molecule has 1 saturated heterocycles. The number of halogens is 1. The number of hydrogen-bond acceptors (Lipinski definition) is 3. The molecule has 2 rings (SSSR count). The van der Waals surface area contributed by atoms with Crippen molar-refractivity contribution in [3.63, 3.8) is 0 Å². The van der Waals surface area contributed by atoms with Crippen LogP contribution in [0.15, 0.2) is 6.33 Å². The van der Waals surface area contributed by atoms with Gasteiger partial charge in [0, 0.05) is 11.9 Å². The fourth-order valence-corrected chi connectivity index (χ4v) is 2.83. The smallest absolute Gasteiger partial charge is 0.141 e. The number of rotatable bonds is 5. The molecule has 1 aromatic rings. The lowest BCUT2D eigenvalue weighted by atomic mass is 9.94. The van der Waals surface area contributed by atoms with E-state index >= 15 is 0 Å². The van der Waals surface area contributed by atoms with E-state index in [4.69, 9.17) is 11.6 Å². The van der Waals surface area contributed by atoms with E-state index in [1.54, 1.807) is 6.33 Å². The lowest BCUT2D eigenvalue weighted by Gasteiger charge is -2.32. The number of hydrogen-bond donors (Lipinski definition) is 0. The van der Waals surface area contributed by atoms with Crippen LogP contribution in [0.25, 0.3) is 0 Å². The fourth-order valence-electron chi connectivity index (χ4n) is 2.58. The zero-order valence-electron chi connectivity index (χ0n) is 11.3. The van der Waals surface area contributed by atoms with Crippen LogP contribution in [-0.4, -0.2) is 38.1 Å². The van der Waals surface area contributed by atoms with Crippen LogP contribution in [0.1, 0.15) is 38.9 Å². The van der Waals surface area contributed by atoms with E-state index in [2.05, 4.69) is 28.8 Å². The molecule has 0 spiro atoms. The van der Waals surface area contributed by atoms with Crippen molar-refractivity contribution in [2.75, 3.05) is 13.1 Å². The Morgan fingerprint density at radius 3 is 2.78 bits per heavy atom. The third kappa shape index (κ3) is 3.45. The van der Waals surface area contributed by atoms with Crippen molar-refractivity contribution in [1.29, 1.82) is 0 Å². The molecule has 1 unspecified atom stereocenters. The Morgan fingerprint density at radius 2 is 2.17 bits per heavy atom. The number of piperidine rings is 1. The highest BCUT2D eigenvalue weighted by molar-refractivity contribution is 6.20. The molecule has 1 aliphatic rings. The van der Waals surface area contributed by atoms with E-state index in [9.17, 15) is 0 Å². The number of alkyl halides is 1. The van der Waals surface area contributed by atoms with Gasteiger partial charge in [-0.25, -0.2) is 9.67 Å². The Balaban J connectivity index is 1.85. The lowest BCUT2D eigenvalue weighted by Crippen LogP contribution is -2.36. The first-order valence-corrected chi connectivity index (χ1v) is 7.37. The van der Waals surface area contributed by atoms with Gasteiger partial charge in [-0.15, -0.1) is 11.6 Å². The van der Waals surface area contributed by atoms with Crippen LogP contribution in [-0.2, 0) is 13.1 Å². The van der Waals surface area contributed by atoms with Gasteiger partial charge in [0.1, 0.15) is 12.2 Å². The summed E-state index contributed by atoms with van der Waals surface area (Å²) in [6, 6.07) is 0. The van der Waals surface area contributed by atoms with Gasteiger partial charge in [-0.3, -0.25) is 4.90 Å². The van der Waals surface area contributed by atoms with Gasteiger partial charge in [0.25, 0.3) is 0 Å². The minimum atomic E-state index is 0.302. The SMILES string of the molecule is CCCn1ncnc1CN1CCC(C(C)Cl)CC1. The van der Waals surface area contributed by atoms with Gasteiger partial charge in [-0.1, -0.05) is 6.92 Å². The Bertz CT molecular complexity index is 356. The first-order chi connectivity index (χ1) is 8.70. The maximum atomic E-state index is 6.17. The molecule has 1 atom stereocenters. The van der Waals surface area contributed by atoms with Gasteiger partial charge in [0.15, 0.2) is 0 Å². The van der Waals surface area contributed by atoms with E-state index in [1.807, 2.05) is 4.68 Å². The van der Waals surface area contributed by atoms with Crippen LogP contribution in [0.5, 0.6) is 0 Å². The van der Waals surface area contributed by atoms with Crippen molar-refractivity contribution in [3.8, 4) is 0 Å². The molecule has 0 bridgehead atoms. The van der Waals surface area contributed by atoms with Crippen LogP contribution in [0.2, 0.25) is 0 Å². The molecule has 1 aliphatic heterocycles. The van der Waals surface area contributed by atoms with Crippen molar-refractivity contribution >= 4 is 11.6 Å². The van der Waals surface area contributed by atoms with Crippen LogP contribution < -0.4 is 0 Å². The predicted octanol–water partition coefficient (Wildman–Crippen LogP) is 2.53. The Hall–Kier alpha value is -0.610. The van der Waals surface area contributed by atoms with Crippen molar-refractivity contribution in [1.82, 2.24) is 19.7 Å². The fraction of sp³-hybridized carbons (Fsp3) is 0.846. The van der Waals surface area contributed by atoms with Gasteiger partial charge >= 0.3 is 0 Å². The molecule has 1 aromatic heterocycles. The van der Waals surface area contributed by atoms with E-state index in [1.165, 1.54) is 12.8 Å². The average molecular weight is 271 g/mol. The molecule has 4 nitrogen and oxygen atoms in total. The minimum Gasteiger partial charge on any atom is -0.296 e. The highest BCUT2D eigenvalue weighted by atomic mass is 35.5. The standard InChI is InChI=1S/C13H23ClN4/c1-3-6-18-13(15-10-16-18)9-17-7-4-12(5-8-17)11(2)14/h10-12H,3-9H2,1-2H3. The molecular formula is C13H23ClN4. The molecule has 2 heterocycles. The van der Waals surface area contributed by atoms with E-state index < -0.39 is 0 Å².